The van der Waals surface area contributed by atoms with Crippen molar-refractivity contribution in [2.75, 3.05) is 6.54 Å². The normalized spacial score (nSPS) is 11.4. The zero-order chi connectivity index (χ0) is 15.7. The maximum absolute atomic E-state index is 11.5. The maximum atomic E-state index is 11.5. The molecule has 0 aromatic heterocycles. The summed E-state index contributed by atoms with van der Waals surface area (Å²) < 4.78 is 0. The van der Waals surface area contributed by atoms with Crippen molar-refractivity contribution in [1.82, 2.24) is 5.32 Å². The van der Waals surface area contributed by atoms with Crippen molar-refractivity contribution in [1.29, 1.82) is 0 Å². The summed E-state index contributed by atoms with van der Waals surface area (Å²) in [5.41, 5.74) is 6.77. The van der Waals surface area contributed by atoms with E-state index in [2.05, 4.69) is 5.32 Å². The second-order valence-electron chi connectivity index (χ2n) is 5.25. The van der Waals surface area contributed by atoms with E-state index < -0.39 is 4.92 Å². The average molecular weight is 330 g/mol. The first-order chi connectivity index (χ1) is 9.99. The van der Waals surface area contributed by atoms with Crippen molar-refractivity contribution in [2.45, 2.75) is 45.1 Å². The molecule has 0 spiro atoms. The lowest BCUT2D eigenvalue weighted by Crippen LogP contribution is -2.26. The molecule has 1 atom stereocenters. The highest BCUT2D eigenvalue weighted by Gasteiger charge is 2.04. The Morgan fingerprint density at radius 3 is 2.50 bits per heavy atom. The Bertz CT molecular complexity index is 464. The van der Waals surface area contributed by atoms with Gasteiger partial charge < -0.3 is 11.1 Å². The van der Waals surface area contributed by atoms with Crippen LogP contribution in [0, 0.1) is 10.1 Å². The molecule has 0 fully saturated rings. The fourth-order valence-electron chi connectivity index (χ4n) is 1.91. The van der Waals surface area contributed by atoms with Gasteiger partial charge in [0.1, 0.15) is 0 Å². The van der Waals surface area contributed by atoms with Crippen LogP contribution in [0.15, 0.2) is 24.3 Å². The first-order valence-electron chi connectivity index (χ1n) is 7.24. The fourth-order valence-corrected chi connectivity index (χ4v) is 1.91. The summed E-state index contributed by atoms with van der Waals surface area (Å²) >= 11 is 0. The summed E-state index contributed by atoms with van der Waals surface area (Å²) in [4.78, 5) is 21.6. The van der Waals surface area contributed by atoms with Crippen LogP contribution in [-0.4, -0.2) is 23.4 Å². The first kappa shape index (κ1) is 20.3. The van der Waals surface area contributed by atoms with Crippen LogP contribution in [-0.2, 0) is 11.2 Å². The molecule has 0 saturated carbocycles. The summed E-state index contributed by atoms with van der Waals surface area (Å²) in [6.07, 6.45) is 3.86. The number of amides is 1. The van der Waals surface area contributed by atoms with Crippen LogP contribution in [0.25, 0.3) is 0 Å². The summed E-state index contributed by atoms with van der Waals surface area (Å²) in [5, 5.41) is 13.4. The van der Waals surface area contributed by atoms with E-state index in [1.807, 2.05) is 6.92 Å². The maximum Gasteiger partial charge on any atom is 0.269 e. The monoisotopic (exact) mass is 329 g/mol. The molecule has 0 saturated heterocycles. The molecule has 0 aliphatic rings. The van der Waals surface area contributed by atoms with Crippen LogP contribution >= 0.6 is 12.4 Å². The van der Waals surface area contributed by atoms with Gasteiger partial charge >= 0.3 is 0 Å². The number of aryl methyl sites for hydroxylation is 1. The van der Waals surface area contributed by atoms with Gasteiger partial charge in [-0.15, -0.1) is 12.4 Å². The average Bonchev–Trinajstić information content (AvgIpc) is 2.45. The predicted molar refractivity (Wildman–Crippen MR) is 89.2 cm³/mol. The number of hydrogen-bond donors (Lipinski definition) is 2. The molecule has 22 heavy (non-hydrogen) atoms. The SMILES string of the molecule is CC(N)CCC(=O)NCCCCc1ccc([N+](=O)[O-])cc1.Cl. The summed E-state index contributed by atoms with van der Waals surface area (Å²) in [6, 6.07) is 6.65. The zero-order valence-electron chi connectivity index (χ0n) is 12.8. The fraction of sp³-hybridized carbons (Fsp3) is 0.533. The molecule has 0 heterocycles. The van der Waals surface area contributed by atoms with E-state index in [1.54, 1.807) is 12.1 Å². The van der Waals surface area contributed by atoms with Crippen molar-refractivity contribution in [3.8, 4) is 0 Å². The predicted octanol–water partition coefficient (Wildman–Crippen LogP) is 2.58. The Balaban J connectivity index is 0.00000441. The molecule has 1 unspecified atom stereocenters. The van der Waals surface area contributed by atoms with Crippen molar-refractivity contribution in [2.24, 2.45) is 5.73 Å². The van der Waals surface area contributed by atoms with Crippen LogP contribution in [0.5, 0.6) is 0 Å². The number of hydrogen-bond acceptors (Lipinski definition) is 4. The number of carbonyl (C=O) groups excluding carboxylic acids is 1. The van der Waals surface area contributed by atoms with Gasteiger partial charge in [0.2, 0.25) is 5.91 Å². The number of unbranched alkanes of at least 4 members (excludes halogenated alkanes) is 1. The van der Waals surface area contributed by atoms with Crippen molar-refractivity contribution in [3.05, 3.63) is 39.9 Å². The Hall–Kier alpha value is -1.66. The highest BCUT2D eigenvalue weighted by Crippen LogP contribution is 2.13. The second-order valence-corrected chi connectivity index (χ2v) is 5.25. The Kier molecular flexibility index (Phi) is 10.2. The molecule has 0 bridgehead atoms. The molecule has 3 N–H and O–H groups in total. The minimum atomic E-state index is -0.401. The standard InChI is InChI=1S/C15H23N3O3.ClH/c1-12(16)5-10-15(19)17-11-3-2-4-13-6-8-14(9-7-13)18(20)21;/h6-9,12H,2-5,10-11,16H2,1H3,(H,17,19);1H. The number of nitrogens with two attached hydrogens (primary N) is 1. The van der Waals surface area contributed by atoms with Crippen LogP contribution in [0.3, 0.4) is 0 Å². The number of nitrogens with zero attached hydrogens (tertiary/aromatic N) is 1. The molecule has 0 aliphatic heterocycles. The van der Waals surface area contributed by atoms with E-state index in [9.17, 15) is 14.9 Å². The summed E-state index contributed by atoms with van der Waals surface area (Å²) in [7, 11) is 0. The highest BCUT2D eigenvalue weighted by molar-refractivity contribution is 5.85. The molecule has 1 amide bonds. The molecule has 7 heteroatoms. The van der Waals surface area contributed by atoms with Crippen LogP contribution in [0.2, 0.25) is 0 Å². The molecular weight excluding hydrogens is 306 g/mol. The van der Waals surface area contributed by atoms with Crippen molar-refractivity contribution in [3.63, 3.8) is 0 Å². The van der Waals surface area contributed by atoms with E-state index in [4.69, 9.17) is 5.73 Å². The second kappa shape index (κ2) is 11.0. The number of halogens is 1. The molecule has 6 nitrogen and oxygen atoms in total. The van der Waals surface area contributed by atoms with Gasteiger partial charge in [-0.1, -0.05) is 12.1 Å². The van der Waals surface area contributed by atoms with E-state index in [0.29, 0.717) is 19.4 Å². The summed E-state index contributed by atoms with van der Waals surface area (Å²) in [6.45, 7) is 2.54. The molecule has 0 aliphatic carbocycles. The first-order valence-corrected chi connectivity index (χ1v) is 7.24. The minimum Gasteiger partial charge on any atom is -0.356 e. The third-order valence-corrected chi connectivity index (χ3v) is 3.19. The summed E-state index contributed by atoms with van der Waals surface area (Å²) in [5.74, 6) is 0.0441. The van der Waals surface area contributed by atoms with Gasteiger partial charge in [-0.3, -0.25) is 14.9 Å². The van der Waals surface area contributed by atoms with Gasteiger partial charge in [-0.25, -0.2) is 0 Å². The smallest absolute Gasteiger partial charge is 0.269 e. The van der Waals surface area contributed by atoms with Crippen molar-refractivity contribution >= 4 is 24.0 Å². The number of carbonyl (C=O) groups is 1. The Labute approximate surface area is 137 Å². The lowest BCUT2D eigenvalue weighted by atomic mass is 10.1. The number of benzene rings is 1. The lowest BCUT2D eigenvalue weighted by molar-refractivity contribution is -0.384. The van der Waals surface area contributed by atoms with Crippen molar-refractivity contribution < 1.29 is 9.72 Å². The van der Waals surface area contributed by atoms with Crippen LogP contribution in [0.4, 0.5) is 5.69 Å². The number of nitro benzene ring substituents is 1. The van der Waals surface area contributed by atoms with E-state index in [0.717, 1.165) is 24.8 Å². The van der Waals surface area contributed by atoms with Gasteiger partial charge in [0.15, 0.2) is 0 Å². The molecule has 1 aromatic carbocycles. The largest absolute Gasteiger partial charge is 0.356 e. The van der Waals surface area contributed by atoms with Gasteiger partial charge in [0, 0.05) is 31.1 Å². The topological polar surface area (TPSA) is 98.3 Å². The minimum absolute atomic E-state index is 0. The van der Waals surface area contributed by atoms with E-state index in [-0.39, 0.29) is 30.0 Å². The van der Waals surface area contributed by atoms with Gasteiger partial charge in [-0.05, 0) is 38.2 Å². The highest BCUT2D eigenvalue weighted by atomic mass is 35.5. The molecular formula is C15H24ClN3O3. The quantitative estimate of drug-likeness (QED) is 0.413. The Morgan fingerprint density at radius 1 is 1.32 bits per heavy atom. The molecule has 124 valence electrons. The van der Waals surface area contributed by atoms with Gasteiger partial charge in [0.25, 0.3) is 5.69 Å². The third kappa shape index (κ3) is 8.59. The van der Waals surface area contributed by atoms with Crippen LogP contribution < -0.4 is 11.1 Å². The van der Waals surface area contributed by atoms with Gasteiger partial charge in [0.05, 0.1) is 4.92 Å². The Morgan fingerprint density at radius 2 is 1.95 bits per heavy atom. The zero-order valence-corrected chi connectivity index (χ0v) is 13.6. The molecule has 0 radical (unpaired) electrons. The van der Waals surface area contributed by atoms with E-state index >= 15 is 0 Å². The number of non-ortho nitro benzene ring substituents is 1. The van der Waals surface area contributed by atoms with Crippen LogP contribution in [0.1, 0.15) is 38.2 Å². The van der Waals surface area contributed by atoms with Gasteiger partial charge in [-0.2, -0.15) is 0 Å². The molecule has 1 rings (SSSR count). The third-order valence-electron chi connectivity index (χ3n) is 3.19. The van der Waals surface area contributed by atoms with E-state index in [1.165, 1.54) is 12.1 Å². The molecule has 1 aromatic rings. The lowest BCUT2D eigenvalue weighted by Gasteiger charge is -2.07. The number of rotatable bonds is 9. The number of nitro groups is 1. The number of nitrogens with one attached hydrogen (secondary N) is 1.